The molecule has 20 heavy (non-hydrogen) atoms. The topological polar surface area (TPSA) is 98.5 Å². The molecule has 112 valence electrons. The Morgan fingerprint density at radius 2 is 2.10 bits per heavy atom. The van der Waals surface area contributed by atoms with E-state index in [2.05, 4.69) is 5.32 Å². The summed E-state index contributed by atoms with van der Waals surface area (Å²) in [5, 5.41) is 2.62. The van der Waals surface area contributed by atoms with Gasteiger partial charge >= 0.3 is 0 Å². The van der Waals surface area contributed by atoms with Crippen molar-refractivity contribution in [3.8, 4) is 5.75 Å². The van der Waals surface area contributed by atoms with Crippen molar-refractivity contribution >= 4 is 21.4 Å². The molecule has 0 aliphatic carbocycles. The van der Waals surface area contributed by atoms with Gasteiger partial charge in [-0.05, 0) is 32.0 Å². The van der Waals surface area contributed by atoms with Crippen molar-refractivity contribution in [3.63, 3.8) is 0 Å². The lowest BCUT2D eigenvalue weighted by Gasteiger charge is -2.14. The van der Waals surface area contributed by atoms with Gasteiger partial charge in [-0.2, -0.15) is 0 Å². The Balaban J connectivity index is 2.75. The van der Waals surface area contributed by atoms with Gasteiger partial charge in [0.05, 0.1) is 18.0 Å². The third-order valence-electron chi connectivity index (χ3n) is 2.50. The molecule has 0 saturated carbocycles. The number of anilines is 1. The number of benzene rings is 1. The van der Waals surface area contributed by atoms with Crippen LogP contribution in [0.1, 0.15) is 24.2 Å². The van der Waals surface area contributed by atoms with Crippen LogP contribution in [0.5, 0.6) is 5.75 Å². The third kappa shape index (κ3) is 5.08. The van der Waals surface area contributed by atoms with Gasteiger partial charge in [0.2, 0.25) is 0 Å². The second-order valence-corrected chi connectivity index (χ2v) is 6.84. The zero-order valence-corrected chi connectivity index (χ0v) is 12.7. The van der Waals surface area contributed by atoms with Gasteiger partial charge in [-0.3, -0.25) is 4.79 Å². The van der Waals surface area contributed by atoms with Crippen molar-refractivity contribution in [2.24, 2.45) is 0 Å². The minimum Gasteiger partial charge on any atom is -0.492 e. The summed E-state index contributed by atoms with van der Waals surface area (Å²) in [6.07, 6.45) is 1.13. The number of amides is 1. The van der Waals surface area contributed by atoms with Crippen LogP contribution in [0.15, 0.2) is 18.2 Å². The zero-order chi connectivity index (χ0) is 15.3. The van der Waals surface area contributed by atoms with Crippen molar-refractivity contribution in [1.29, 1.82) is 0 Å². The maximum absolute atomic E-state index is 12.0. The Bertz CT molecular complexity index is 584. The quantitative estimate of drug-likeness (QED) is 0.758. The number of ether oxygens (including phenoxy) is 1. The molecule has 1 rings (SSSR count). The first-order chi connectivity index (χ1) is 9.23. The van der Waals surface area contributed by atoms with Crippen molar-refractivity contribution in [1.82, 2.24) is 5.32 Å². The van der Waals surface area contributed by atoms with E-state index < -0.39 is 15.9 Å². The SMILES string of the molecule is CCOc1ccc(C(=O)NC(C)CS(C)(=O)=O)cc1N. The number of sulfone groups is 1. The van der Waals surface area contributed by atoms with Crippen LogP contribution in [0, 0.1) is 0 Å². The molecule has 1 atom stereocenters. The normalized spacial score (nSPS) is 12.8. The Morgan fingerprint density at radius 1 is 1.45 bits per heavy atom. The van der Waals surface area contributed by atoms with Crippen LogP contribution >= 0.6 is 0 Å². The van der Waals surface area contributed by atoms with Gasteiger partial charge in [0.15, 0.2) is 0 Å². The number of nitrogen functional groups attached to an aromatic ring is 1. The molecule has 0 aliphatic rings. The highest BCUT2D eigenvalue weighted by Gasteiger charge is 2.15. The number of hydrogen-bond acceptors (Lipinski definition) is 5. The van der Waals surface area contributed by atoms with E-state index in [0.717, 1.165) is 6.26 Å². The highest BCUT2D eigenvalue weighted by Crippen LogP contribution is 2.22. The maximum Gasteiger partial charge on any atom is 0.251 e. The number of nitrogens with two attached hydrogens (primary N) is 1. The molecule has 1 aromatic rings. The fourth-order valence-corrected chi connectivity index (χ4v) is 2.77. The van der Waals surface area contributed by atoms with Crippen LogP contribution in [0.25, 0.3) is 0 Å². The smallest absolute Gasteiger partial charge is 0.251 e. The van der Waals surface area contributed by atoms with Crippen molar-refractivity contribution < 1.29 is 17.9 Å². The summed E-state index contributed by atoms with van der Waals surface area (Å²) in [5.74, 6) is 0.0507. The Kier molecular flexibility index (Phi) is 5.38. The van der Waals surface area contributed by atoms with Gasteiger partial charge < -0.3 is 15.8 Å². The Morgan fingerprint density at radius 3 is 2.60 bits per heavy atom. The van der Waals surface area contributed by atoms with E-state index >= 15 is 0 Å². The molecule has 0 heterocycles. The zero-order valence-electron chi connectivity index (χ0n) is 11.8. The van der Waals surface area contributed by atoms with E-state index in [9.17, 15) is 13.2 Å². The van der Waals surface area contributed by atoms with Crippen LogP contribution in [0.2, 0.25) is 0 Å². The van der Waals surface area contributed by atoms with Gasteiger partial charge in [0.1, 0.15) is 15.6 Å². The average molecular weight is 300 g/mol. The minimum absolute atomic E-state index is 0.106. The minimum atomic E-state index is -3.13. The molecule has 1 amide bonds. The first kappa shape index (κ1) is 16.3. The number of carbonyl (C=O) groups is 1. The van der Waals surface area contributed by atoms with E-state index in [4.69, 9.17) is 10.5 Å². The van der Waals surface area contributed by atoms with Crippen molar-refractivity contribution in [2.75, 3.05) is 24.3 Å². The highest BCUT2D eigenvalue weighted by atomic mass is 32.2. The molecule has 7 heteroatoms. The standard InChI is InChI=1S/C13H20N2O4S/c1-4-19-12-6-5-10(7-11(12)14)13(16)15-9(2)8-20(3,17)18/h5-7,9H,4,8,14H2,1-3H3,(H,15,16). The lowest BCUT2D eigenvalue weighted by Crippen LogP contribution is -2.37. The fourth-order valence-electron chi connectivity index (χ4n) is 1.78. The predicted molar refractivity (Wildman–Crippen MR) is 78.7 cm³/mol. The average Bonchev–Trinajstić information content (AvgIpc) is 2.29. The molecular formula is C13H20N2O4S. The van der Waals surface area contributed by atoms with Gasteiger partial charge in [0, 0.05) is 17.9 Å². The van der Waals surface area contributed by atoms with E-state index in [0.29, 0.717) is 23.6 Å². The molecule has 6 nitrogen and oxygen atoms in total. The summed E-state index contributed by atoms with van der Waals surface area (Å²) < 4.78 is 27.6. The summed E-state index contributed by atoms with van der Waals surface area (Å²) >= 11 is 0. The number of rotatable bonds is 6. The van der Waals surface area contributed by atoms with E-state index in [-0.39, 0.29) is 11.7 Å². The summed E-state index contributed by atoms with van der Waals surface area (Å²) in [5.41, 5.74) is 6.51. The van der Waals surface area contributed by atoms with Crippen LogP contribution in [0.4, 0.5) is 5.69 Å². The van der Waals surface area contributed by atoms with E-state index in [1.807, 2.05) is 6.92 Å². The summed E-state index contributed by atoms with van der Waals surface area (Å²) in [6.45, 7) is 3.96. The first-order valence-corrected chi connectivity index (χ1v) is 8.30. The van der Waals surface area contributed by atoms with Gasteiger partial charge in [-0.15, -0.1) is 0 Å². The number of hydrogen-bond donors (Lipinski definition) is 2. The van der Waals surface area contributed by atoms with Gasteiger partial charge in [-0.25, -0.2) is 8.42 Å². The van der Waals surface area contributed by atoms with Gasteiger partial charge in [-0.1, -0.05) is 0 Å². The lowest BCUT2D eigenvalue weighted by molar-refractivity contribution is 0.0943. The molecule has 0 aliphatic heterocycles. The second-order valence-electron chi connectivity index (χ2n) is 4.65. The van der Waals surface area contributed by atoms with E-state index in [1.165, 1.54) is 6.07 Å². The van der Waals surface area contributed by atoms with E-state index in [1.54, 1.807) is 19.1 Å². The predicted octanol–water partition coefficient (Wildman–Crippen LogP) is 0.830. The molecule has 0 radical (unpaired) electrons. The Labute approximate surface area is 119 Å². The first-order valence-electron chi connectivity index (χ1n) is 6.24. The Hall–Kier alpha value is -1.76. The monoisotopic (exact) mass is 300 g/mol. The highest BCUT2D eigenvalue weighted by molar-refractivity contribution is 7.90. The summed E-state index contributed by atoms with van der Waals surface area (Å²) in [7, 11) is -3.13. The van der Waals surface area contributed by atoms with Crippen LogP contribution < -0.4 is 15.8 Å². The third-order valence-corrected chi connectivity index (χ3v) is 3.61. The summed E-state index contributed by atoms with van der Waals surface area (Å²) in [4.78, 5) is 12.0. The molecule has 0 spiro atoms. The molecule has 1 aromatic carbocycles. The maximum atomic E-state index is 12.0. The van der Waals surface area contributed by atoms with Crippen molar-refractivity contribution in [3.05, 3.63) is 23.8 Å². The molecule has 0 aromatic heterocycles. The molecular weight excluding hydrogens is 280 g/mol. The molecule has 0 fully saturated rings. The molecule has 0 saturated heterocycles. The number of carbonyl (C=O) groups excluding carboxylic acids is 1. The largest absolute Gasteiger partial charge is 0.492 e. The second kappa shape index (κ2) is 6.60. The van der Waals surface area contributed by atoms with Crippen LogP contribution in [-0.2, 0) is 9.84 Å². The molecule has 1 unspecified atom stereocenters. The molecule has 0 bridgehead atoms. The van der Waals surface area contributed by atoms with Crippen molar-refractivity contribution in [2.45, 2.75) is 19.9 Å². The fraction of sp³-hybridized carbons (Fsp3) is 0.462. The molecule has 3 N–H and O–H groups in total. The summed E-state index contributed by atoms with van der Waals surface area (Å²) in [6, 6.07) is 4.25. The van der Waals surface area contributed by atoms with Gasteiger partial charge in [0.25, 0.3) is 5.91 Å². The lowest BCUT2D eigenvalue weighted by atomic mass is 10.1. The van der Waals surface area contributed by atoms with Crippen LogP contribution in [-0.4, -0.2) is 39.0 Å². The number of nitrogens with one attached hydrogen (secondary N) is 1. The van der Waals surface area contributed by atoms with Crippen LogP contribution in [0.3, 0.4) is 0 Å².